The van der Waals surface area contributed by atoms with Crippen molar-refractivity contribution >= 4 is 25.2 Å². The van der Waals surface area contributed by atoms with Gasteiger partial charge in [0.25, 0.3) is 0 Å². The van der Waals surface area contributed by atoms with E-state index >= 15 is 0 Å². The lowest BCUT2D eigenvalue weighted by atomic mass is 9.75. The normalized spacial score (nSPS) is 9.80. The lowest BCUT2D eigenvalue weighted by molar-refractivity contribution is 0.425. The van der Waals surface area contributed by atoms with Gasteiger partial charge in [0.1, 0.15) is 0 Å². The molecule has 0 atom stereocenters. The Hall–Kier alpha value is -0.885. The van der Waals surface area contributed by atoms with Crippen molar-refractivity contribution < 1.29 is 10.0 Å². The third kappa shape index (κ3) is 2.79. The van der Waals surface area contributed by atoms with Crippen LogP contribution in [0.1, 0.15) is 16.7 Å². The summed E-state index contributed by atoms with van der Waals surface area (Å²) < 4.78 is 0. The Bertz CT molecular complexity index is 396. The van der Waals surface area contributed by atoms with Gasteiger partial charge in [-0.1, -0.05) is 12.1 Å². The first-order valence-electron chi connectivity index (χ1n) is 4.63. The number of benzene rings is 1. The second kappa shape index (κ2) is 5.27. The zero-order chi connectivity index (χ0) is 11.4. The standard InChI is InChI=1S/C11H13BO2S/c1-3-4-10-5-9(7-15)6-11(8(10)2)12(13)14/h1,5-6,13-15H,4,7H2,2H3. The fraction of sp³-hybridized carbons (Fsp3) is 0.273. The maximum absolute atomic E-state index is 9.20. The molecule has 0 bridgehead atoms. The van der Waals surface area contributed by atoms with Crippen molar-refractivity contribution in [1.82, 2.24) is 0 Å². The monoisotopic (exact) mass is 220 g/mol. The van der Waals surface area contributed by atoms with Gasteiger partial charge in [0.2, 0.25) is 0 Å². The summed E-state index contributed by atoms with van der Waals surface area (Å²) >= 11 is 4.16. The Morgan fingerprint density at radius 1 is 1.47 bits per heavy atom. The summed E-state index contributed by atoms with van der Waals surface area (Å²) in [5, 5.41) is 18.4. The average Bonchev–Trinajstić information content (AvgIpc) is 2.21. The maximum atomic E-state index is 9.20. The molecule has 15 heavy (non-hydrogen) atoms. The number of hydrogen-bond acceptors (Lipinski definition) is 3. The van der Waals surface area contributed by atoms with Crippen molar-refractivity contribution in [2.24, 2.45) is 0 Å². The van der Waals surface area contributed by atoms with E-state index < -0.39 is 7.12 Å². The van der Waals surface area contributed by atoms with E-state index in [1.807, 2.05) is 13.0 Å². The predicted molar refractivity (Wildman–Crippen MR) is 66.2 cm³/mol. The van der Waals surface area contributed by atoms with Gasteiger partial charge in [-0.15, -0.1) is 12.3 Å². The molecule has 1 aromatic carbocycles. The van der Waals surface area contributed by atoms with Crippen molar-refractivity contribution in [2.75, 3.05) is 0 Å². The molecule has 0 saturated heterocycles. The summed E-state index contributed by atoms with van der Waals surface area (Å²) in [7, 11) is -1.46. The van der Waals surface area contributed by atoms with Crippen LogP contribution < -0.4 is 5.46 Å². The minimum Gasteiger partial charge on any atom is -0.423 e. The van der Waals surface area contributed by atoms with Crippen LogP contribution in [0.25, 0.3) is 0 Å². The van der Waals surface area contributed by atoms with Crippen molar-refractivity contribution in [3.63, 3.8) is 0 Å². The van der Waals surface area contributed by atoms with Crippen LogP contribution in [0.3, 0.4) is 0 Å². The van der Waals surface area contributed by atoms with E-state index in [1.54, 1.807) is 6.07 Å². The Kier molecular flexibility index (Phi) is 4.28. The Morgan fingerprint density at radius 3 is 2.60 bits per heavy atom. The van der Waals surface area contributed by atoms with Crippen LogP contribution in [0.2, 0.25) is 0 Å². The molecule has 0 aliphatic heterocycles. The van der Waals surface area contributed by atoms with Crippen molar-refractivity contribution in [3.05, 3.63) is 28.8 Å². The number of thiol groups is 1. The summed E-state index contributed by atoms with van der Waals surface area (Å²) in [5.41, 5.74) is 3.24. The molecule has 0 aliphatic rings. The molecule has 0 heterocycles. The van der Waals surface area contributed by atoms with Gasteiger partial charge in [-0.2, -0.15) is 12.6 Å². The largest absolute Gasteiger partial charge is 0.488 e. The Labute approximate surface area is 95.9 Å². The lowest BCUT2D eigenvalue weighted by Gasteiger charge is -2.11. The van der Waals surface area contributed by atoms with Crippen LogP contribution >= 0.6 is 12.6 Å². The molecular weight excluding hydrogens is 207 g/mol. The molecule has 1 rings (SSSR count). The Balaban J connectivity index is 3.28. The smallest absolute Gasteiger partial charge is 0.423 e. The van der Waals surface area contributed by atoms with E-state index in [9.17, 15) is 10.0 Å². The van der Waals surface area contributed by atoms with Crippen molar-refractivity contribution in [2.45, 2.75) is 19.1 Å². The van der Waals surface area contributed by atoms with E-state index in [0.717, 1.165) is 16.7 Å². The molecule has 0 amide bonds. The minimum atomic E-state index is -1.46. The summed E-state index contributed by atoms with van der Waals surface area (Å²) in [6.07, 6.45) is 5.75. The number of terminal acetylenes is 1. The lowest BCUT2D eigenvalue weighted by Crippen LogP contribution is -2.33. The maximum Gasteiger partial charge on any atom is 0.488 e. The fourth-order valence-corrected chi connectivity index (χ4v) is 1.70. The summed E-state index contributed by atoms with van der Waals surface area (Å²) in [4.78, 5) is 0. The van der Waals surface area contributed by atoms with Crippen LogP contribution in [-0.2, 0) is 12.2 Å². The van der Waals surface area contributed by atoms with Crippen LogP contribution in [-0.4, -0.2) is 17.2 Å². The summed E-state index contributed by atoms with van der Waals surface area (Å²) in [5.74, 6) is 3.11. The molecule has 0 aliphatic carbocycles. The quantitative estimate of drug-likeness (QED) is 0.389. The summed E-state index contributed by atoms with van der Waals surface area (Å²) in [6.45, 7) is 1.84. The molecule has 0 saturated carbocycles. The molecule has 0 fully saturated rings. The molecule has 0 aromatic heterocycles. The van der Waals surface area contributed by atoms with Gasteiger partial charge in [0.15, 0.2) is 0 Å². The average molecular weight is 220 g/mol. The molecule has 2 N–H and O–H groups in total. The molecule has 0 spiro atoms. The minimum absolute atomic E-state index is 0.493. The van der Waals surface area contributed by atoms with E-state index in [1.165, 1.54) is 0 Å². The molecule has 0 radical (unpaired) electrons. The second-order valence-corrected chi connectivity index (χ2v) is 3.70. The first kappa shape index (κ1) is 12.2. The van der Waals surface area contributed by atoms with Gasteiger partial charge < -0.3 is 10.0 Å². The number of rotatable bonds is 3. The highest BCUT2D eigenvalue weighted by Gasteiger charge is 2.16. The van der Waals surface area contributed by atoms with Crippen molar-refractivity contribution in [3.8, 4) is 12.3 Å². The van der Waals surface area contributed by atoms with Crippen molar-refractivity contribution in [1.29, 1.82) is 0 Å². The third-order valence-electron chi connectivity index (χ3n) is 2.37. The van der Waals surface area contributed by atoms with E-state index in [4.69, 9.17) is 6.42 Å². The fourth-order valence-electron chi connectivity index (χ4n) is 1.52. The first-order valence-corrected chi connectivity index (χ1v) is 5.26. The molecular formula is C11H13BO2S. The van der Waals surface area contributed by atoms with Gasteiger partial charge in [-0.05, 0) is 29.1 Å². The van der Waals surface area contributed by atoms with Crippen LogP contribution in [0, 0.1) is 19.3 Å². The SMILES string of the molecule is C#CCc1cc(CS)cc(B(O)O)c1C. The molecule has 2 nitrogen and oxygen atoms in total. The van der Waals surface area contributed by atoms with E-state index in [2.05, 4.69) is 18.5 Å². The molecule has 4 heteroatoms. The van der Waals surface area contributed by atoms with Gasteiger partial charge >= 0.3 is 7.12 Å². The van der Waals surface area contributed by atoms with Crippen LogP contribution in [0.4, 0.5) is 0 Å². The van der Waals surface area contributed by atoms with E-state index in [0.29, 0.717) is 17.6 Å². The highest BCUT2D eigenvalue weighted by Crippen LogP contribution is 2.12. The second-order valence-electron chi connectivity index (χ2n) is 3.38. The zero-order valence-corrected chi connectivity index (χ0v) is 9.46. The highest BCUT2D eigenvalue weighted by molar-refractivity contribution is 7.79. The van der Waals surface area contributed by atoms with Gasteiger partial charge in [-0.3, -0.25) is 0 Å². The number of hydrogen-bond donors (Lipinski definition) is 3. The van der Waals surface area contributed by atoms with Gasteiger partial charge in [0.05, 0.1) is 0 Å². The van der Waals surface area contributed by atoms with Crippen LogP contribution in [0.5, 0.6) is 0 Å². The predicted octanol–water partition coefficient (Wildman–Crippen LogP) is 0.280. The molecule has 1 aromatic rings. The van der Waals surface area contributed by atoms with E-state index in [-0.39, 0.29) is 0 Å². The van der Waals surface area contributed by atoms with Gasteiger partial charge in [0, 0.05) is 12.2 Å². The summed E-state index contributed by atoms with van der Waals surface area (Å²) in [6, 6.07) is 3.70. The molecule has 78 valence electrons. The van der Waals surface area contributed by atoms with Gasteiger partial charge in [-0.25, -0.2) is 0 Å². The highest BCUT2D eigenvalue weighted by atomic mass is 32.1. The topological polar surface area (TPSA) is 40.5 Å². The first-order chi connectivity index (χ1) is 7.10. The van der Waals surface area contributed by atoms with Crippen LogP contribution in [0.15, 0.2) is 12.1 Å². The Morgan fingerprint density at radius 2 is 2.13 bits per heavy atom. The molecule has 0 unspecified atom stereocenters. The third-order valence-corrected chi connectivity index (χ3v) is 2.73. The zero-order valence-electron chi connectivity index (χ0n) is 8.57.